The maximum atomic E-state index is 12.0. The minimum absolute atomic E-state index is 0.328. The summed E-state index contributed by atoms with van der Waals surface area (Å²) >= 11 is 0. The van der Waals surface area contributed by atoms with Crippen LogP contribution in [0, 0.1) is 0 Å². The van der Waals surface area contributed by atoms with Crippen LogP contribution in [-0.2, 0) is 9.84 Å². The van der Waals surface area contributed by atoms with E-state index in [0.29, 0.717) is 10.7 Å². The van der Waals surface area contributed by atoms with Gasteiger partial charge in [0.05, 0.1) is 10.1 Å². The first-order valence-corrected chi connectivity index (χ1v) is 7.52. The van der Waals surface area contributed by atoms with Crippen molar-refractivity contribution >= 4 is 15.7 Å². The second-order valence-corrected chi connectivity index (χ2v) is 7.06. The van der Waals surface area contributed by atoms with Gasteiger partial charge in [-0.3, -0.25) is 0 Å². The van der Waals surface area contributed by atoms with Crippen molar-refractivity contribution in [3.63, 3.8) is 0 Å². The van der Waals surface area contributed by atoms with Crippen LogP contribution in [0.2, 0.25) is 0 Å². The van der Waals surface area contributed by atoms with Crippen molar-refractivity contribution in [1.82, 2.24) is 4.98 Å². The van der Waals surface area contributed by atoms with Gasteiger partial charge in [0.25, 0.3) is 0 Å². The van der Waals surface area contributed by atoms with Crippen molar-refractivity contribution in [1.29, 1.82) is 0 Å². The molecule has 0 fully saturated rings. The lowest BCUT2D eigenvalue weighted by molar-refractivity contribution is 0.587. The Bertz CT molecular complexity index is 677. The highest BCUT2D eigenvalue weighted by atomic mass is 32.2. The van der Waals surface area contributed by atoms with Crippen LogP contribution in [0.25, 0.3) is 11.1 Å². The maximum absolute atomic E-state index is 12.0. The molecule has 100 valence electrons. The molecule has 0 spiro atoms. The van der Waals surface area contributed by atoms with Crippen LogP contribution in [0.15, 0.2) is 47.5 Å². The summed E-state index contributed by atoms with van der Waals surface area (Å²) in [5.41, 5.74) is 7.45. The van der Waals surface area contributed by atoms with E-state index in [-0.39, 0.29) is 0 Å². The Morgan fingerprint density at radius 2 is 1.74 bits per heavy atom. The predicted molar refractivity (Wildman–Crippen MR) is 76.4 cm³/mol. The molecule has 1 aromatic heterocycles. The standard InChI is InChI=1S/C14H16N2O2S/c1-10(2)19(17,18)12-7-5-11(6-8-12)13-4-3-9-16-14(13)15/h3-10H,1-2H3,(H2,15,16). The SMILES string of the molecule is CC(C)S(=O)(=O)c1ccc(-c2cccnc2N)cc1. The Balaban J connectivity index is 2.43. The topological polar surface area (TPSA) is 73.0 Å². The van der Waals surface area contributed by atoms with E-state index < -0.39 is 15.1 Å². The molecule has 2 N–H and O–H groups in total. The van der Waals surface area contributed by atoms with Gasteiger partial charge < -0.3 is 5.73 Å². The monoisotopic (exact) mass is 276 g/mol. The highest BCUT2D eigenvalue weighted by Crippen LogP contribution is 2.26. The number of sulfone groups is 1. The molecule has 0 radical (unpaired) electrons. The highest BCUT2D eigenvalue weighted by molar-refractivity contribution is 7.92. The van der Waals surface area contributed by atoms with Gasteiger partial charge in [-0.15, -0.1) is 0 Å². The van der Waals surface area contributed by atoms with Gasteiger partial charge in [0, 0.05) is 11.8 Å². The molecule has 0 atom stereocenters. The van der Waals surface area contributed by atoms with E-state index in [4.69, 9.17) is 5.73 Å². The van der Waals surface area contributed by atoms with E-state index in [9.17, 15) is 8.42 Å². The average molecular weight is 276 g/mol. The summed E-state index contributed by atoms with van der Waals surface area (Å²) in [5.74, 6) is 0.432. The van der Waals surface area contributed by atoms with Crippen LogP contribution in [0.4, 0.5) is 5.82 Å². The first-order valence-electron chi connectivity index (χ1n) is 5.98. The molecule has 0 aliphatic rings. The van der Waals surface area contributed by atoms with Gasteiger partial charge in [-0.2, -0.15) is 0 Å². The fourth-order valence-electron chi connectivity index (χ4n) is 1.76. The molecular formula is C14H16N2O2S. The molecule has 0 bridgehead atoms. The van der Waals surface area contributed by atoms with Crippen LogP contribution in [0.5, 0.6) is 0 Å². The number of pyridine rings is 1. The lowest BCUT2D eigenvalue weighted by Gasteiger charge is -2.09. The van der Waals surface area contributed by atoms with Gasteiger partial charge in [0.15, 0.2) is 9.84 Å². The van der Waals surface area contributed by atoms with E-state index in [1.807, 2.05) is 6.07 Å². The molecule has 1 heterocycles. The third kappa shape index (κ3) is 2.61. The van der Waals surface area contributed by atoms with E-state index in [2.05, 4.69) is 4.98 Å². The molecule has 0 saturated carbocycles. The highest BCUT2D eigenvalue weighted by Gasteiger charge is 2.18. The molecule has 0 unspecified atom stereocenters. The molecule has 1 aromatic carbocycles. The van der Waals surface area contributed by atoms with Gasteiger partial charge in [0.1, 0.15) is 5.82 Å². The molecule has 5 heteroatoms. The van der Waals surface area contributed by atoms with Crippen molar-refractivity contribution < 1.29 is 8.42 Å². The lowest BCUT2D eigenvalue weighted by Crippen LogP contribution is -2.13. The minimum Gasteiger partial charge on any atom is -0.383 e. The first-order chi connectivity index (χ1) is 8.93. The van der Waals surface area contributed by atoms with Gasteiger partial charge in [-0.25, -0.2) is 13.4 Å². The summed E-state index contributed by atoms with van der Waals surface area (Å²) in [4.78, 5) is 4.34. The van der Waals surface area contributed by atoms with Crippen LogP contribution < -0.4 is 5.73 Å². The maximum Gasteiger partial charge on any atom is 0.180 e. The van der Waals surface area contributed by atoms with Crippen molar-refractivity contribution in [2.45, 2.75) is 24.0 Å². The molecule has 2 rings (SSSR count). The lowest BCUT2D eigenvalue weighted by atomic mass is 10.1. The van der Waals surface area contributed by atoms with E-state index in [1.165, 1.54) is 0 Å². The number of nitrogens with two attached hydrogens (primary N) is 1. The molecule has 0 aliphatic heterocycles. The number of anilines is 1. The Morgan fingerprint density at radius 3 is 2.26 bits per heavy atom. The smallest absolute Gasteiger partial charge is 0.180 e. The van der Waals surface area contributed by atoms with E-state index >= 15 is 0 Å². The minimum atomic E-state index is -3.23. The molecule has 0 aliphatic carbocycles. The Kier molecular flexibility index (Phi) is 3.57. The number of nitrogen functional groups attached to an aromatic ring is 1. The fraction of sp³-hybridized carbons (Fsp3) is 0.214. The number of benzene rings is 1. The number of hydrogen-bond donors (Lipinski definition) is 1. The van der Waals surface area contributed by atoms with Gasteiger partial charge in [-0.1, -0.05) is 12.1 Å². The Labute approximate surface area is 113 Å². The zero-order valence-electron chi connectivity index (χ0n) is 10.9. The van der Waals surface area contributed by atoms with Crippen LogP contribution in [0.1, 0.15) is 13.8 Å². The largest absolute Gasteiger partial charge is 0.383 e. The second-order valence-electron chi connectivity index (χ2n) is 4.55. The molecule has 2 aromatic rings. The second kappa shape index (κ2) is 5.01. The van der Waals surface area contributed by atoms with Crippen molar-refractivity contribution in [3.05, 3.63) is 42.6 Å². The summed E-state index contributed by atoms with van der Waals surface area (Å²) < 4.78 is 24.0. The van der Waals surface area contributed by atoms with Gasteiger partial charge in [0.2, 0.25) is 0 Å². The zero-order chi connectivity index (χ0) is 14.0. The van der Waals surface area contributed by atoms with Gasteiger partial charge in [-0.05, 0) is 43.7 Å². The quantitative estimate of drug-likeness (QED) is 0.934. The normalized spacial score (nSPS) is 11.7. The van der Waals surface area contributed by atoms with Crippen LogP contribution in [-0.4, -0.2) is 18.7 Å². The van der Waals surface area contributed by atoms with Crippen LogP contribution in [0.3, 0.4) is 0 Å². The van der Waals surface area contributed by atoms with E-state index in [1.54, 1.807) is 50.4 Å². The summed E-state index contributed by atoms with van der Waals surface area (Å²) in [5, 5.41) is -0.429. The number of rotatable bonds is 3. The molecule has 0 amide bonds. The molecule has 19 heavy (non-hydrogen) atoms. The predicted octanol–water partition coefficient (Wildman–Crippen LogP) is 2.51. The summed E-state index contributed by atoms with van der Waals surface area (Å²) in [6.07, 6.45) is 1.62. The van der Waals surface area contributed by atoms with Crippen molar-refractivity contribution in [2.75, 3.05) is 5.73 Å². The van der Waals surface area contributed by atoms with E-state index in [0.717, 1.165) is 11.1 Å². The Hall–Kier alpha value is -1.88. The summed E-state index contributed by atoms with van der Waals surface area (Å²) in [6.45, 7) is 3.34. The summed E-state index contributed by atoms with van der Waals surface area (Å²) in [7, 11) is -3.23. The van der Waals surface area contributed by atoms with Gasteiger partial charge >= 0.3 is 0 Å². The third-order valence-electron chi connectivity index (χ3n) is 2.95. The zero-order valence-corrected chi connectivity index (χ0v) is 11.7. The Morgan fingerprint density at radius 1 is 1.11 bits per heavy atom. The van der Waals surface area contributed by atoms with Crippen LogP contribution >= 0.6 is 0 Å². The molecule has 0 saturated heterocycles. The average Bonchev–Trinajstić information content (AvgIpc) is 2.39. The first kappa shape index (κ1) is 13.5. The van der Waals surface area contributed by atoms with Crippen molar-refractivity contribution in [3.8, 4) is 11.1 Å². The number of hydrogen-bond acceptors (Lipinski definition) is 4. The third-order valence-corrected chi connectivity index (χ3v) is 5.12. The fourth-order valence-corrected chi connectivity index (χ4v) is 2.82. The van der Waals surface area contributed by atoms with Crippen molar-refractivity contribution in [2.24, 2.45) is 0 Å². The molecule has 4 nitrogen and oxygen atoms in total. The molecular weight excluding hydrogens is 260 g/mol. The number of aromatic nitrogens is 1. The number of nitrogens with zero attached hydrogens (tertiary/aromatic N) is 1. The summed E-state index contributed by atoms with van der Waals surface area (Å²) in [6, 6.07) is 10.4.